The number of hydrogen-bond acceptors (Lipinski definition) is 3. The summed E-state index contributed by atoms with van der Waals surface area (Å²) in [4.78, 5) is 4.21. The monoisotopic (exact) mass is 332 g/mol. The Morgan fingerprint density at radius 1 is 1.32 bits per heavy atom. The molecule has 1 aromatic heterocycles. The average Bonchev–Trinajstić information content (AvgIpc) is 2.99. The highest BCUT2D eigenvalue weighted by Gasteiger charge is 2.36. The van der Waals surface area contributed by atoms with Crippen LogP contribution in [0, 0.1) is 6.92 Å². The van der Waals surface area contributed by atoms with E-state index in [-0.39, 0.29) is 4.08 Å². The van der Waals surface area contributed by atoms with Crippen LogP contribution in [0.3, 0.4) is 0 Å². The van der Waals surface area contributed by atoms with Crippen molar-refractivity contribution < 1.29 is 0 Å². The highest BCUT2D eigenvalue weighted by Crippen LogP contribution is 2.49. The van der Waals surface area contributed by atoms with Gasteiger partial charge in [-0.15, -0.1) is 23.5 Å². The Morgan fingerprint density at radius 3 is 2.82 bits per heavy atom. The fraction of sp³-hybridized carbons (Fsp3) is 0.500. The molecule has 1 fully saturated rings. The van der Waals surface area contributed by atoms with E-state index in [1.807, 2.05) is 12.5 Å². The third-order valence-corrected chi connectivity index (χ3v) is 7.55. The van der Waals surface area contributed by atoms with Gasteiger partial charge >= 0.3 is 0 Å². The van der Waals surface area contributed by atoms with Crippen LogP contribution in [0.5, 0.6) is 0 Å². The van der Waals surface area contributed by atoms with Gasteiger partial charge < -0.3 is 4.57 Å². The Morgan fingerprint density at radius 2 is 2.14 bits per heavy atom. The number of rotatable bonds is 5. The van der Waals surface area contributed by atoms with E-state index in [4.69, 9.17) is 0 Å². The first kappa shape index (κ1) is 16.0. The van der Waals surface area contributed by atoms with Gasteiger partial charge in [0.05, 0.1) is 10.4 Å². The molecule has 4 heteroatoms. The summed E-state index contributed by atoms with van der Waals surface area (Å²) in [5.74, 6) is 1.27. The first-order valence-corrected chi connectivity index (χ1v) is 9.85. The van der Waals surface area contributed by atoms with Crippen molar-refractivity contribution in [3.8, 4) is 0 Å². The summed E-state index contributed by atoms with van der Waals surface area (Å²) >= 11 is 4.32. The van der Waals surface area contributed by atoms with Gasteiger partial charge in [0.25, 0.3) is 0 Å². The van der Waals surface area contributed by atoms with Crippen molar-refractivity contribution in [3.63, 3.8) is 0 Å². The number of benzene rings is 1. The summed E-state index contributed by atoms with van der Waals surface area (Å²) in [6, 6.07) is 9.01. The minimum Gasteiger partial charge on any atom is -0.335 e. The summed E-state index contributed by atoms with van der Waals surface area (Å²) in [5, 5.41) is 0.753. The lowest BCUT2D eigenvalue weighted by atomic mass is 10.1. The molecule has 1 aliphatic heterocycles. The minimum atomic E-state index is 0.281. The molecule has 0 spiro atoms. The van der Waals surface area contributed by atoms with Gasteiger partial charge in [-0.2, -0.15) is 0 Å². The fourth-order valence-corrected chi connectivity index (χ4v) is 6.82. The molecule has 3 rings (SSSR count). The van der Waals surface area contributed by atoms with Crippen LogP contribution in [-0.2, 0) is 13.0 Å². The van der Waals surface area contributed by atoms with Crippen molar-refractivity contribution in [2.75, 3.05) is 5.75 Å². The summed E-state index contributed by atoms with van der Waals surface area (Å²) in [6.45, 7) is 5.58. The van der Waals surface area contributed by atoms with E-state index in [1.165, 1.54) is 29.7 Å². The van der Waals surface area contributed by atoms with Crippen molar-refractivity contribution in [2.45, 2.75) is 49.0 Å². The normalized spacial score (nSPS) is 25.3. The zero-order chi connectivity index (χ0) is 15.4. The maximum absolute atomic E-state index is 4.21. The van der Waals surface area contributed by atoms with Gasteiger partial charge in [-0.05, 0) is 37.5 Å². The molecule has 2 atom stereocenters. The van der Waals surface area contributed by atoms with E-state index < -0.39 is 0 Å². The minimum absolute atomic E-state index is 0.281. The molecule has 2 unspecified atom stereocenters. The van der Waals surface area contributed by atoms with Crippen LogP contribution >= 0.6 is 23.5 Å². The first-order chi connectivity index (χ1) is 10.7. The van der Waals surface area contributed by atoms with Gasteiger partial charge in [0.1, 0.15) is 0 Å². The first-order valence-electron chi connectivity index (χ1n) is 7.98. The van der Waals surface area contributed by atoms with Crippen molar-refractivity contribution in [3.05, 3.63) is 54.1 Å². The number of imidazole rings is 1. The van der Waals surface area contributed by atoms with Crippen LogP contribution in [-0.4, -0.2) is 24.6 Å². The SMILES string of the molecule is Cc1ccc(CCC2(Cn3ccnc3)SCCC(C)S2)cc1. The molecule has 0 bridgehead atoms. The Kier molecular flexibility index (Phi) is 5.19. The summed E-state index contributed by atoms with van der Waals surface area (Å²) in [5.41, 5.74) is 2.79. The van der Waals surface area contributed by atoms with Crippen LogP contribution < -0.4 is 0 Å². The lowest BCUT2D eigenvalue weighted by Gasteiger charge is -2.39. The molecule has 0 N–H and O–H groups in total. The Balaban J connectivity index is 1.71. The van der Waals surface area contributed by atoms with Crippen LogP contribution in [0.1, 0.15) is 30.9 Å². The Labute approximate surface area is 142 Å². The average molecular weight is 333 g/mol. The van der Waals surface area contributed by atoms with Crippen LogP contribution in [0.25, 0.3) is 0 Å². The highest BCUT2D eigenvalue weighted by atomic mass is 32.2. The number of aromatic nitrogens is 2. The van der Waals surface area contributed by atoms with Crippen LogP contribution in [0.15, 0.2) is 43.0 Å². The number of aryl methyl sites for hydroxylation is 2. The van der Waals surface area contributed by atoms with E-state index in [9.17, 15) is 0 Å². The Bertz CT molecular complexity index is 580. The summed E-state index contributed by atoms with van der Waals surface area (Å²) in [7, 11) is 0. The molecular formula is C18H24N2S2. The fourth-order valence-electron chi connectivity index (χ4n) is 2.91. The zero-order valence-corrected chi connectivity index (χ0v) is 15.0. The van der Waals surface area contributed by atoms with E-state index >= 15 is 0 Å². The molecule has 0 amide bonds. The maximum Gasteiger partial charge on any atom is 0.0946 e. The smallest absolute Gasteiger partial charge is 0.0946 e. The predicted molar refractivity (Wildman–Crippen MR) is 98.6 cm³/mol. The number of nitrogens with zero attached hydrogens (tertiary/aromatic N) is 2. The van der Waals surface area contributed by atoms with Gasteiger partial charge in [0.15, 0.2) is 0 Å². The van der Waals surface area contributed by atoms with Crippen LogP contribution in [0.4, 0.5) is 0 Å². The van der Waals surface area contributed by atoms with Crippen molar-refractivity contribution >= 4 is 23.5 Å². The third kappa shape index (κ3) is 4.11. The van der Waals surface area contributed by atoms with Crippen LogP contribution in [0.2, 0.25) is 0 Å². The molecule has 2 nitrogen and oxygen atoms in total. The molecule has 22 heavy (non-hydrogen) atoms. The summed E-state index contributed by atoms with van der Waals surface area (Å²) in [6.07, 6.45) is 9.62. The second-order valence-corrected chi connectivity index (χ2v) is 9.76. The van der Waals surface area contributed by atoms with Gasteiger partial charge in [-0.1, -0.05) is 36.8 Å². The standard InChI is InChI=1S/C18H24N2S2/c1-15-3-5-17(6-4-15)7-9-18(13-20-11-10-19-14-20)21-12-8-16(2)22-18/h3-6,10-11,14,16H,7-9,12-13H2,1-2H3. The second-order valence-electron chi connectivity index (χ2n) is 6.20. The zero-order valence-electron chi connectivity index (χ0n) is 13.4. The van der Waals surface area contributed by atoms with E-state index in [1.54, 1.807) is 0 Å². The van der Waals surface area contributed by atoms with Gasteiger partial charge in [-0.25, -0.2) is 4.98 Å². The molecule has 0 aliphatic carbocycles. The quantitative estimate of drug-likeness (QED) is 0.785. The largest absolute Gasteiger partial charge is 0.335 e. The van der Waals surface area contributed by atoms with E-state index in [0.29, 0.717) is 0 Å². The molecule has 0 saturated carbocycles. The summed E-state index contributed by atoms with van der Waals surface area (Å²) < 4.78 is 2.52. The number of hydrogen-bond donors (Lipinski definition) is 0. The number of thioether (sulfide) groups is 2. The van der Waals surface area contributed by atoms with Crippen molar-refractivity contribution in [1.82, 2.24) is 9.55 Å². The third-order valence-electron chi connectivity index (χ3n) is 4.20. The van der Waals surface area contributed by atoms with Crippen molar-refractivity contribution in [2.24, 2.45) is 0 Å². The van der Waals surface area contributed by atoms with Crippen molar-refractivity contribution in [1.29, 1.82) is 0 Å². The van der Waals surface area contributed by atoms with Gasteiger partial charge in [0.2, 0.25) is 0 Å². The van der Waals surface area contributed by atoms with E-state index in [2.05, 4.69) is 77.4 Å². The Hall–Kier alpha value is -0.870. The van der Waals surface area contributed by atoms with Gasteiger partial charge in [0, 0.05) is 24.2 Å². The lowest BCUT2D eigenvalue weighted by molar-refractivity contribution is 0.581. The topological polar surface area (TPSA) is 17.8 Å². The molecular weight excluding hydrogens is 308 g/mol. The molecule has 1 saturated heterocycles. The van der Waals surface area contributed by atoms with E-state index in [0.717, 1.165) is 18.2 Å². The lowest BCUT2D eigenvalue weighted by Crippen LogP contribution is -2.33. The molecule has 1 aliphatic rings. The molecule has 118 valence electrons. The molecule has 2 heterocycles. The second kappa shape index (κ2) is 7.14. The molecule has 0 radical (unpaired) electrons. The molecule has 1 aromatic carbocycles. The van der Waals surface area contributed by atoms with Gasteiger partial charge in [-0.3, -0.25) is 0 Å². The molecule has 2 aromatic rings. The highest BCUT2D eigenvalue weighted by molar-refractivity contribution is 8.19. The predicted octanol–water partition coefficient (Wildman–Crippen LogP) is 4.78. The maximum atomic E-state index is 4.21.